The van der Waals surface area contributed by atoms with Crippen molar-refractivity contribution in [2.24, 2.45) is 17.4 Å². The third kappa shape index (κ3) is 10.2. The fourth-order valence-electron chi connectivity index (χ4n) is 2.05. The van der Waals surface area contributed by atoms with E-state index in [0.717, 1.165) is 0 Å². The van der Waals surface area contributed by atoms with Gasteiger partial charge in [-0.1, -0.05) is 13.8 Å². The van der Waals surface area contributed by atoms with E-state index < -0.39 is 48.4 Å². The van der Waals surface area contributed by atoms with E-state index >= 15 is 0 Å². The molecule has 0 rings (SSSR count). The third-order valence-electron chi connectivity index (χ3n) is 3.84. The first-order valence-electron chi connectivity index (χ1n) is 8.80. The number of carbonyl (C=O) groups excluding carboxylic acids is 3. The number of aliphatic carboxylic acids is 1. The van der Waals surface area contributed by atoms with Crippen molar-refractivity contribution < 1.29 is 24.3 Å². The monoisotopic (exact) mass is 405 g/mol. The summed E-state index contributed by atoms with van der Waals surface area (Å²) in [6, 6.07) is -2.78. The summed E-state index contributed by atoms with van der Waals surface area (Å²) in [5.41, 5.74) is 11.1. The van der Waals surface area contributed by atoms with Crippen LogP contribution >= 0.6 is 12.6 Å². The first-order valence-corrected chi connectivity index (χ1v) is 9.44. The van der Waals surface area contributed by atoms with Crippen LogP contribution in [0.4, 0.5) is 0 Å². The number of hydrogen-bond donors (Lipinski definition) is 7. The molecule has 0 aromatic rings. The Bertz CT molecular complexity index is 517. The molecule has 27 heavy (non-hydrogen) atoms. The van der Waals surface area contributed by atoms with E-state index in [2.05, 4.69) is 28.6 Å². The minimum Gasteiger partial charge on any atom is -0.480 e. The third-order valence-corrected chi connectivity index (χ3v) is 4.21. The molecule has 0 aliphatic heterocycles. The molecule has 0 aromatic heterocycles. The zero-order chi connectivity index (χ0) is 21.0. The maximum atomic E-state index is 12.1. The highest BCUT2D eigenvalue weighted by Crippen LogP contribution is 2.01. The van der Waals surface area contributed by atoms with Crippen LogP contribution in [0.3, 0.4) is 0 Å². The number of hydrogen-bond acceptors (Lipinski definition) is 7. The average molecular weight is 406 g/mol. The highest BCUT2D eigenvalue weighted by Gasteiger charge is 2.25. The van der Waals surface area contributed by atoms with E-state index in [-0.39, 0.29) is 18.1 Å². The normalized spacial score (nSPS) is 14.1. The summed E-state index contributed by atoms with van der Waals surface area (Å²) in [5.74, 6) is -3.00. The molecule has 0 aliphatic rings. The standard InChI is InChI=1S/C16H31N5O5S/c1-9(2)13(18)15(24)21-11(8-27)14(23)19-7-12(22)20-10(16(25)26)5-3-4-6-17/h9-11,13,27H,3-8,17-18H2,1-2H3,(H,19,23)(H,20,22)(H,21,24)(H,25,26). The number of amides is 3. The predicted molar refractivity (Wildman–Crippen MR) is 104 cm³/mol. The first kappa shape index (κ1) is 25.1. The molecule has 3 amide bonds. The number of nitrogens with two attached hydrogens (primary N) is 2. The number of carboxylic acids is 1. The predicted octanol–water partition coefficient (Wildman–Crippen LogP) is -1.80. The zero-order valence-electron chi connectivity index (χ0n) is 15.7. The minimum absolute atomic E-state index is 0.0147. The Balaban J connectivity index is 4.52. The second kappa shape index (κ2) is 13.3. The van der Waals surface area contributed by atoms with E-state index in [1.165, 1.54) is 0 Å². The second-order valence-corrected chi connectivity index (χ2v) is 6.84. The molecule has 8 N–H and O–H groups in total. The Morgan fingerprint density at radius 3 is 2.15 bits per heavy atom. The van der Waals surface area contributed by atoms with Gasteiger partial charge in [0.15, 0.2) is 0 Å². The van der Waals surface area contributed by atoms with E-state index in [0.29, 0.717) is 19.4 Å². The molecule has 11 heteroatoms. The van der Waals surface area contributed by atoms with Gasteiger partial charge < -0.3 is 32.5 Å². The van der Waals surface area contributed by atoms with Gasteiger partial charge in [0.05, 0.1) is 12.6 Å². The van der Waals surface area contributed by atoms with Crippen molar-refractivity contribution in [3.8, 4) is 0 Å². The Morgan fingerprint density at radius 1 is 1.04 bits per heavy atom. The molecular formula is C16H31N5O5S. The van der Waals surface area contributed by atoms with Crippen molar-refractivity contribution in [1.82, 2.24) is 16.0 Å². The Labute approximate surface area is 164 Å². The van der Waals surface area contributed by atoms with Gasteiger partial charge in [-0.15, -0.1) is 0 Å². The maximum Gasteiger partial charge on any atom is 0.326 e. The first-order chi connectivity index (χ1) is 12.6. The Hall–Kier alpha value is -1.85. The van der Waals surface area contributed by atoms with Gasteiger partial charge in [-0.05, 0) is 31.7 Å². The average Bonchev–Trinajstić information content (AvgIpc) is 2.62. The number of unbranched alkanes of at least 4 members (excludes halogenated alkanes) is 1. The van der Waals surface area contributed by atoms with Crippen LogP contribution in [0.1, 0.15) is 33.1 Å². The highest BCUT2D eigenvalue weighted by atomic mass is 32.1. The molecule has 0 heterocycles. The molecule has 0 saturated heterocycles. The van der Waals surface area contributed by atoms with E-state index in [9.17, 15) is 19.2 Å². The van der Waals surface area contributed by atoms with Gasteiger partial charge in [0, 0.05) is 5.75 Å². The van der Waals surface area contributed by atoms with Crippen LogP contribution in [0.2, 0.25) is 0 Å². The highest BCUT2D eigenvalue weighted by molar-refractivity contribution is 7.80. The lowest BCUT2D eigenvalue weighted by molar-refractivity contribution is -0.142. The van der Waals surface area contributed by atoms with Crippen LogP contribution in [-0.4, -0.2) is 65.8 Å². The van der Waals surface area contributed by atoms with E-state index in [4.69, 9.17) is 16.6 Å². The topological polar surface area (TPSA) is 177 Å². The summed E-state index contributed by atoms with van der Waals surface area (Å²) in [6.07, 6.45) is 1.46. The number of nitrogens with one attached hydrogen (secondary N) is 3. The van der Waals surface area contributed by atoms with E-state index in [1.807, 2.05) is 0 Å². The van der Waals surface area contributed by atoms with Gasteiger partial charge in [-0.3, -0.25) is 14.4 Å². The second-order valence-electron chi connectivity index (χ2n) is 6.47. The largest absolute Gasteiger partial charge is 0.480 e. The quantitative estimate of drug-likeness (QED) is 0.140. The molecule has 0 radical (unpaired) electrons. The van der Waals surface area contributed by atoms with Gasteiger partial charge in [0.2, 0.25) is 17.7 Å². The van der Waals surface area contributed by atoms with Gasteiger partial charge in [0.25, 0.3) is 0 Å². The molecule has 0 fully saturated rings. The molecule has 0 aromatic carbocycles. The molecule has 0 spiro atoms. The molecule has 156 valence electrons. The smallest absolute Gasteiger partial charge is 0.326 e. The van der Waals surface area contributed by atoms with E-state index in [1.54, 1.807) is 13.8 Å². The van der Waals surface area contributed by atoms with Crippen LogP contribution in [-0.2, 0) is 19.2 Å². The van der Waals surface area contributed by atoms with Crippen molar-refractivity contribution >= 4 is 36.3 Å². The van der Waals surface area contributed by atoms with Gasteiger partial charge in [0.1, 0.15) is 12.1 Å². The summed E-state index contributed by atoms with van der Waals surface area (Å²) in [7, 11) is 0. The SMILES string of the molecule is CC(C)C(N)C(=O)NC(CS)C(=O)NCC(=O)NC(CCCCN)C(=O)O. The zero-order valence-corrected chi connectivity index (χ0v) is 16.6. The lowest BCUT2D eigenvalue weighted by atomic mass is 10.0. The summed E-state index contributed by atoms with van der Waals surface area (Å²) < 4.78 is 0. The Kier molecular flexibility index (Phi) is 12.4. The minimum atomic E-state index is -1.16. The Morgan fingerprint density at radius 2 is 1.67 bits per heavy atom. The summed E-state index contributed by atoms with van der Waals surface area (Å²) in [5, 5.41) is 16.3. The lowest BCUT2D eigenvalue weighted by Gasteiger charge is -2.21. The number of carbonyl (C=O) groups is 4. The van der Waals surface area contributed by atoms with Crippen molar-refractivity contribution in [2.75, 3.05) is 18.8 Å². The van der Waals surface area contributed by atoms with Crippen molar-refractivity contribution in [3.63, 3.8) is 0 Å². The fraction of sp³-hybridized carbons (Fsp3) is 0.750. The fourth-order valence-corrected chi connectivity index (χ4v) is 2.31. The number of rotatable bonds is 13. The number of thiol groups is 1. The van der Waals surface area contributed by atoms with Crippen molar-refractivity contribution in [3.05, 3.63) is 0 Å². The molecule has 0 aliphatic carbocycles. The van der Waals surface area contributed by atoms with Gasteiger partial charge in [-0.2, -0.15) is 12.6 Å². The molecular weight excluding hydrogens is 374 g/mol. The van der Waals surface area contributed by atoms with Crippen molar-refractivity contribution in [1.29, 1.82) is 0 Å². The summed E-state index contributed by atoms with van der Waals surface area (Å²) >= 11 is 4.02. The summed E-state index contributed by atoms with van der Waals surface area (Å²) in [6.45, 7) is 3.57. The molecule has 3 atom stereocenters. The summed E-state index contributed by atoms with van der Waals surface area (Å²) in [4.78, 5) is 47.1. The maximum absolute atomic E-state index is 12.1. The molecule has 0 saturated carbocycles. The van der Waals surface area contributed by atoms with Crippen LogP contribution < -0.4 is 27.4 Å². The van der Waals surface area contributed by atoms with Crippen LogP contribution in [0.5, 0.6) is 0 Å². The van der Waals surface area contributed by atoms with Crippen molar-refractivity contribution in [2.45, 2.75) is 51.2 Å². The van der Waals surface area contributed by atoms with Gasteiger partial charge >= 0.3 is 5.97 Å². The molecule has 0 bridgehead atoms. The molecule has 10 nitrogen and oxygen atoms in total. The lowest BCUT2D eigenvalue weighted by Crippen LogP contribution is -2.55. The van der Waals surface area contributed by atoms with Crippen LogP contribution in [0, 0.1) is 5.92 Å². The van der Waals surface area contributed by atoms with Crippen LogP contribution in [0.25, 0.3) is 0 Å². The molecule has 3 unspecified atom stereocenters. The number of carboxylic acid groups (broad SMARTS) is 1. The van der Waals surface area contributed by atoms with Gasteiger partial charge in [-0.25, -0.2) is 4.79 Å². The van der Waals surface area contributed by atoms with Crippen LogP contribution in [0.15, 0.2) is 0 Å².